The second-order valence-corrected chi connectivity index (χ2v) is 6.75. The van der Waals surface area contributed by atoms with Crippen LogP contribution in [0.2, 0.25) is 0 Å². The maximum absolute atomic E-state index is 12.7. The van der Waals surface area contributed by atoms with Crippen LogP contribution in [-0.4, -0.2) is 29.0 Å². The molecular weight excluding hydrogens is 368 g/mol. The molecule has 7 heteroatoms. The number of aryl methyl sites for hydroxylation is 3. The van der Waals surface area contributed by atoms with E-state index >= 15 is 0 Å². The van der Waals surface area contributed by atoms with Gasteiger partial charge in [0.1, 0.15) is 5.69 Å². The van der Waals surface area contributed by atoms with Gasteiger partial charge in [0.2, 0.25) is 5.95 Å². The summed E-state index contributed by atoms with van der Waals surface area (Å²) < 4.78 is 4.73. The number of aromatic nitrogens is 2. The fourth-order valence-electron chi connectivity index (χ4n) is 2.95. The van der Waals surface area contributed by atoms with Gasteiger partial charge in [-0.3, -0.25) is 4.79 Å². The quantitative estimate of drug-likeness (QED) is 0.635. The average Bonchev–Trinajstić information content (AvgIpc) is 2.66. The molecule has 1 heterocycles. The highest BCUT2D eigenvalue weighted by molar-refractivity contribution is 6.03. The molecule has 0 spiro atoms. The van der Waals surface area contributed by atoms with Crippen LogP contribution in [0.5, 0.6) is 0 Å². The van der Waals surface area contributed by atoms with Crippen molar-refractivity contribution in [3.05, 3.63) is 76.6 Å². The van der Waals surface area contributed by atoms with Crippen molar-refractivity contribution in [1.29, 1.82) is 0 Å². The molecule has 1 aromatic heterocycles. The zero-order valence-electron chi connectivity index (χ0n) is 16.7. The Kier molecular flexibility index (Phi) is 5.87. The van der Waals surface area contributed by atoms with Gasteiger partial charge >= 0.3 is 5.97 Å². The highest BCUT2D eigenvalue weighted by Gasteiger charge is 2.12. The average molecular weight is 390 g/mol. The van der Waals surface area contributed by atoms with Crippen molar-refractivity contribution in [2.75, 3.05) is 17.7 Å². The van der Waals surface area contributed by atoms with Gasteiger partial charge in [-0.05, 0) is 68.3 Å². The van der Waals surface area contributed by atoms with Crippen molar-refractivity contribution in [2.45, 2.75) is 20.8 Å². The minimum absolute atomic E-state index is 0.239. The van der Waals surface area contributed by atoms with Gasteiger partial charge in [0, 0.05) is 17.1 Å². The lowest BCUT2D eigenvalue weighted by molar-refractivity contribution is 0.0600. The number of anilines is 3. The molecule has 29 heavy (non-hydrogen) atoms. The molecule has 0 radical (unpaired) electrons. The van der Waals surface area contributed by atoms with E-state index in [9.17, 15) is 9.59 Å². The summed E-state index contributed by atoms with van der Waals surface area (Å²) in [4.78, 5) is 33.0. The van der Waals surface area contributed by atoms with Crippen LogP contribution in [0.3, 0.4) is 0 Å². The van der Waals surface area contributed by atoms with Gasteiger partial charge in [-0.25, -0.2) is 14.8 Å². The summed E-state index contributed by atoms with van der Waals surface area (Å²) >= 11 is 0. The second kappa shape index (κ2) is 8.52. The van der Waals surface area contributed by atoms with E-state index in [1.807, 2.05) is 32.0 Å². The number of hydrogen-bond donors (Lipinski definition) is 2. The van der Waals surface area contributed by atoms with Gasteiger partial charge in [-0.2, -0.15) is 0 Å². The summed E-state index contributed by atoms with van der Waals surface area (Å²) in [6.45, 7) is 5.73. The number of nitrogens with zero attached hydrogens (tertiary/aromatic N) is 2. The number of esters is 1. The van der Waals surface area contributed by atoms with E-state index in [2.05, 4.69) is 20.6 Å². The lowest BCUT2D eigenvalue weighted by atomic mass is 10.1. The molecule has 3 aromatic rings. The van der Waals surface area contributed by atoms with Crippen molar-refractivity contribution in [3.63, 3.8) is 0 Å². The molecule has 0 aliphatic rings. The van der Waals surface area contributed by atoms with Crippen LogP contribution < -0.4 is 10.6 Å². The van der Waals surface area contributed by atoms with Crippen molar-refractivity contribution in [1.82, 2.24) is 9.97 Å². The third-order valence-corrected chi connectivity index (χ3v) is 4.11. The van der Waals surface area contributed by atoms with Crippen molar-refractivity contribution in [2.24, 2.45) is 0 Å². The number of benzene rings is 2. The molecule has 0 atom stereocenters. The van der Waals surface area contributed by atoms with Crippen LogP contribution >= 0.6 is 0 Å². The Balaban J connectivity index is 1.82. The predicted octanol–water partition coefficient (Wildman–Crippen LogP) is 4.18. The molecule has 0 unspecified atom stereocenters. The standard InChI is InChI=1S/C22H22N4O3/c1-13-8-14(2)10-18(9-13)24-20(27)19-11-15(3)23-22(26-19)25-17-7-5-6-16(12-17)21(28)29-4/h5-12H,1-4H3,(H,24,27)(H,23,25,26). The lowest BCUT2D eigenvalue weighted by Crippen LogP contribution is -2.15. The monoisotopic (exact) mass is 390 g/mol. The van der Waals surface area contributed by atoms with Gasteiger partial charge in [0.15, 0.2) is 0 Å². The molecule has 3 rings (SSSR count). The van der Waals surface area contributed by atoms with E-state index in [0.717, 1.165) is 11.1 Å². The summed E-state index contributed by atoms with van der Waals surface area (Å²) in [7, 11) is 1.33. The Morgan fingerprint density at radius 3 is 2.31 bits per heavy atom. The van der Waals surface area contributed by atoms with E-state index in [1.54, 1.807) is 37.3 Å². The molecule has 0 saturated heterocycles. The van der Waals surface area contributed by atoms with Gasteiger partial charge in [0.25, 0.3) is 5.91 Å². The maximum Gasteiger partial charge on any atom is 0.337 e. The number of carbonyl (C=O) groups excluding carboxylic acids is 2. The van der Waals surface area contributed by atoms with E-state index in [4.69, 9.17) is 4.74 Å². The first-order valence-electron chi connectivity index (χ1n) is 9.05. The smallest absolute Gasteiger partial charge is 0.337 e. The Bertz CT molecular complexity index is 1060. The number of ether oxygens (including phenoxy) is 1. The highest BCUT2D eigenvalue weighted by Crippen LogP contribution is 2.18. The van der Waals surface area contributed by atoms with Crippen LogP contribution in [-0.2, 0) is 4.74 Å². The minimum Gasteiger partial charge on any atom is -0.465 e. The minimum atomic E-state index is -0.438. The molecule has 148 valence electrons. The Labute approximate surface area is 169 Å². The molecule has 0 saturated carbocycles. The lowest BCUT2D eigenvalue weighted by Gasteiger charge is -2.10. The third-order valence-electron chi connectivity index (χ3n) is 4.11. The number of carbonyl (C=O) groups is 2. The summed E-state index contributed by atoms with van der Waals surface area (Å²) in [5.74, 6) is -0.503. The normalized spacial score (nSPS) is 10.3. The fraction of sp³-hybridized carbons (Fsp3) is 0.182. The molecule has 0 fully saturated rings. The summed E-state index contributed by atoms with van der Waals surface area (Å²) in [6, 6.07) is 14.2. The van der Waals surface area contributed by atoms with E-state index in [0.29, 0.717) is 22.6 Å². The molecule has 2 N–H and O–H groups in total. The summed E-state index contributed by atoms with van der Waals surface area (Å²) in [5.41, 5.74) is 4.72. The zero-order chi connectivity index (χ0) is 21.0. The Morgan fingerprint density at radius 1 is 0.897 bits per heavy atom. The van der Waals surface area contributed by atoms with Crippen molar-refractivity contribution >= 4 is 29.2 Å². The molecule has 0 bridgehead atoms. The van der Waals surface area contributed by atoms with Crippen LogP contribution in [0.4, 0.5) is 17.3 Å². The molecule has 0 aliphatic carbocycles. The van der Waals surface area contributed by atoms with Crippen molar-refractivity contribution in [3.8, 4) is 0 Å². The Morgan fingerprint density at radius 2 is 1.62 bits per heavy atom. The van der Waals surface area contributed by atoms with Gasteiger partial charge < -0.3 is 15.4 Å². The first kappa shape index (κ1) is 20.0. The van der Waals surface area contributed by atoms with Crippen LogP contribution in [0.25, 0.3) is 0 Å². The zero-order valence-corrected chi connectivity index (χ0v) is 16.7. The number of nitrogens with one attached hydrogen (secondary N) is 2. The van der Waals surface area contributed by atoms with Crippen molar-refractivity contribution < 1.29 is 14.3 Å². The molecule has 7 nitrogen and oxygen atoms in total. The first-order valence-corrected chi connectivity index (χ1v) is 9.05. The topological polar surface area (TPSA) is 93.2 Å². The molecule has 1 amide bonds. The van der Waals surface area contributed by atoms with Crippen LogP contribution in [0.15, 0.2) is 48.5 Å². The summed E-state index contributed by atoms with van der Waals surface area (Å²) in [5, 5.41) is 5.90. The number of amides is 1. The molecule has 0 aliphatic heterocycles. The fourth-order valence-corrected chi connectivity index (χ4v) is 2.95. The molecule has 2 aromatic carbocycles. The predicted molar refractivity (Wildman–Crippen MR) is 112 cm³/mol. The number of hydrogen-bond acceptors (Lipinski definition) is 6. The van der Waals surface area contributed by atoms with E-state index in [-0.39, 0.29) is 17.5 Å². The molecular formula is C22H22N4O3. The van der Waals surface area contributed by atoms with Gasteiger partial charge in [-0.1, -0.05) is 12.1 Å². The largest absolute Gasteiger partial charge is 0.465 e. The Hall–Kier alpha value is -3.74. The SMILES string of the molecule is COC(=O)c1cccc(Nc2nc(C)cc(C(=O)Nc3cc(C)cc(C)c3)n2)c1. The number of methoxy groups -OCH3 is 1. The number of rotatable bonds is 5. The van der Waals surface area contributed by atoms with E-state index < -0.39 is 5.97 Å². The second-order valence-electron chi connectivity index (χ2n) is 6.75. The van der Waals surface area contributed by atoms with Gasteiger partial charge in [0.05, 0.1) is 12.7 Å². The van der Waals surface area contributed by atoms with Crippen LogP contribution in [0, 0.1) is 20.8 Å². The third kappa shape index (κ3) is 5.16. The van der Waals surface area contributed by atoms with E-state index in [1.165, 1.54) is 7.11 Å². The van der Waals surface area contributed by atoms with Gasteiger partial charge in [-0.15, -0.1) is 0 Å². The maximum atomic E-state index is 12.7. The highest BCUT2D eigenvalue weighted by atomic mass is 16.5. The summed E-state index contributed by atoms with van der Waals surface area (Å²) in [6.07, 6.45) is 0. The van der Waals surface area contributed by atoms with Crippen LogP contribution in [0.1, 0.15) is 37.7 Å². The first-order chi connectivity index (χ1) is 13.8.